The molecule has 5 heteroatoms. The fourth-order valence-electron chi connectivity index (χ4n) is 1.63. The number of aliphatic hydroxyl groups excluding tert-OH is 1. The summed E-state index contributed by atoms with van der Waals surface area (Å²) in [6.07, 6.45) is 0.0484. The number of aliphatic hydroxyl groups is 1. The Labute approximate surface area is 127 Å². The maximum atomic E-state index is 10.2. The highest BCUT2D eigenvalue weighted by Gasteiger charge is 2.13. The SMILES string of the molecule is Cc1nc(CC(O)c2ccc(Br)c(Br)c2)sc1C. The van der Waals surface area contributed by atoms with E-state index >= 15 is 0 Å². The maximum Gasteiger partial charge on any atom is 0.0960 e. The lowest BCUT2D eigenvalue weighted by atomic mass is 10.1. The van der Waals surface area contributed by atoms with Crippen LogP contribution in [0.3, 0.4) is 0 Å². The second-order valence-electron chi connectivity index (χ2n) is 4.14. The van der Waals surface area contributed by atoms with E-state index in [1.165, 1.54) is 4.88 Å². The number of rotatable bonds is 3. The van der Waals surface area contributed by atoms with Gasteiger partial charge in [-0.05, 0) is 63.4 Å². The number of nitrogens with zero attached hydrogens (tertiary/aromatic N) is 1. The van der Waals surface area contributed by atoms with Crippen LogP contribution in [0.5, 0.6) is 0 Å². The highest BCUT2D eigenvalue weighted by atomic mass is 79.9. The average Bonchev–Trinajstić information content (AvgIpc) is 2.61. The summed E-state index contributed by atoms with van der Waals surface area (Å²) < 4.78 is 1.94. The van der Waals surface area contributed by atoms with Gasteiger partial charge in [0.2, 0.25) is 0 Å². The van der Waals surface area contributed by atoms with Crippen molar-refractivity contribution in [2.24, 2.45) is 0 Å². The van der Waals surface area contributed by atoms with Crippen LogP contribution in [0.4, 0.5) is 0 Å². The van der Waals surface area contributed by atoms with Gasteiger partial charge >= 0.3 is 0 Å². The normalized spacial score (nSPS) is 12.7. The molecule has 2 aromatic rings. The van der Waals surface area contributed by atoms with Crippen molar-refractivity contribution in [2.75, 3.05) is 0 Å². The molecule has 0 radical (unpaired) electrons. The fraction of sp³-hybridized carbons (Fsp3) is 0.308. The van der Waals surface area contributed by atoms with Crippen LogP contribution in [-0.4, -0.2) is 10.1 Å². The van der Waals surface area contributed by atoms with Crippen molar-refractivity contribution in [2.45, 2.75) is 26.4 Å². The number of halogens is 2. The Bertz CT molecular complexity index is 549. The van der Waals surface area contributed by atoms with Gasteiger partial charge in [0.15, 0.2) is 0 Å². The quantitative estimate of drug-likeness (QED) is 0.833. The average molecular weight is 391 g/mol. The van der Waals surface area contributed by atoms with Crippen molar-refractivity contribution >= 4 is 43.2 Å². The summed E-state index contributed by atoms with van der Waals surface area (Å²) in [5.41, 5.74) is 1.95. The minimum atomic E-state index is -0.514. The van der Waals surface area contributed by atoms with E-state index in [2.05, 4.69) is 43.8 Å². The van der Waals surface area contributed by atoms with Gasteiger partial charge in [0.05, 0.1) is 16.8 Å². The minimum Gasteiger partial charge on any atom is -0.388 e. The van der Waals surface area contributed by atoms with E-state index < -0.39 is 6.10 Å². The second-order valence-corrected chi connectivity index (χ2v) is 7.14. The van der Waals surface area contributed by atoms with E-state index in [1.807, 2.05) is 25.1 Å². The van der Waals surface area contributed by atoms with E-state index in [-0.39, 0.29) is 0 Å². The molecule has 1 atom stereocenters. The lowest BCUT2D eigenvalue weighted by Gasteiger charge is -2.10. The lowest BCUT2D eigenvalue weighted by molar-refractivity contribution is 0.178. The summed E-state index contributed by atoms with van der Waals surface area (Å²) in [6, 6.07) is 5.79. The molecule has 0 amide bonds. The first-order valence-electron chi connectivity index (χ1n) is 5.53. The molecular formula is C13H13Br2NOS. The molecule has 0 aliphatic rings. The molecule has 0 fully saturated rings. The van der Waals surface area contributed by atoms with E-state index in [9.17, 15) is 5.11 Å². The van der Waals surface area contributed by atoms with Gasteiger partial charge in [-0.25, -0.2) is 4.98 Å². The van der Waals surface area contributed by atoms with Crippen LogP contribution in [0.1, 0.15) is 27.2 Å². The van der Waals surface area contributed by atoms with Gasteiger partial charge in [-0.2, -0.15) is 0 Å². The molecule has 1 heterocycles. The maximum absolute atomic E-state index is 10.2. The third-order valence-electron chi connectivity index (χ3n) is 2.77. The predicted octanol–water partition coefficient (Wildman–Crippen LogP) is 4.56. The molecular weight excluding hydrogens is 378 g/mol. The molecule has 0 spiro atoms. The molecule has 0 aliphatic carbocycles. The van der Waals surface area contributed by atoms with Crippen molar-refractivity contribution in [1.29, 1.82) is 0 Å². The highest BCUT2D eigenvalue weighted by molar-refractivity contribution is 9.13. The molecule has 0 aliphatic heterocycles. The molecule has 1 aromatic heterocycles. The molecule has 1 unspecified atom stereocenters. The topological polar surface area (TPSA) is 33.1 Å². The minimum absolute atomic E-state index is 0.514. The molecule has 18 heavy (non-hydrogen) atoms. The smallest absolute Gasteiger partial charge is 0.0960 e. The first-order chi connectivity index (χ1) is 8.47. The summed E-state index contributed by atoms with van der Waals surface area (Å²) in [7, 11) is 0. The highest BCUT2D eigenvalue weighted by Crippen LogP contribution is 2.29. The van der Waals surface area contributed by atoms with Crippen LogP contribution in [0.15, 0.2) is 27.1 Å². The Morgan fingerprint density at radius 2 is 2.00 bits per heavy atom. The zero-order valence-corrected chi connectivity index (χ0v) is 14.1. The molecule has 2 nitrogen and oxygen atoms in total. The van der Waals surface area contributed by atoms with Crippen molar-refractivity contribution in [3.05, 3.63) is 48.3 Å². The fourth-order valence-corrected chi connectivity index (χ4v) is 3.24. The summed E-state index contributed by atoms with van der Waals surface area (Å²) in [5, 5.41) is 11.2. The standard InChI is InChI=1S/C13H13Br2NOS/c1-7-8(2)18-13(16-7)6-12(17)9-3-4-10(14)11(15)5-9/h3-5,12,17H,6H2,1-2H3. The van der Waals surface area contributed by atoms with Gasteiger partial charge < -0.3 is 5.11 Å². The number of thiazole rings is 1. The van der Waals surface area contributed by atoms with Crippen molar-refractivity contribution in [3.63, 3.8) is 0 Å². The van der Waals surface area contributed by atoms with E-state index in [1.54, 1.807) is 11.3 Å². The van der Waals surface area contributed by atoms with Crippen LogP contribution in [0.2, 0.25) is 0 Å². The molecule has 0 bridgehead atoms. The molecule has 0 saturated heterocycles. The van der Waals surface area contributed by atoms with Gasteiger partial charge in [-0.3, -0.25) is 0 Å². The van der Waals surface area contributed by atoms with Crippen LogP contribution in [0, 0.1) is 13.8 Å². The zero-order valence-electron chi connectivity index (χ0n) is 10.1. The molecule has 2 rings (SSSR count). The Balaban J connectivity index is 2.16. The second kappa shape index (κ2) is 5.82. The third kappa shape index (κ3) is 3.20. The number of aromatic nitrogens is 1. The van der Waals surface area contributed by atoms with E-state index in [0.717, 1.165) is 25.2 Å². The van der Waals surface area contributed by atoms with Crippen molar-refractivity contribution in [1.82, 2.24) is 4.98 Å². The summed E-state index contributed by atoms with van der Waals surface area (Å²) in [5.74, 6) is 0. The number of hydrogen-bond donors (Lipinski definition) is 1. The number of benzene rings is 1. The van der Waals surface area contributed by atoms with Crippen LogP contribution in [0.25, 0.3) is 0 Å². The van der Waals surface area contributed by atoms with Gasteiger partial charge in [0.25, 0.3) is 0 Å². The molecule has 96 valence electrons. The summed E-state index contributed by atoms with van der Waals surface area (Å²) in [6.45, 7) is 4.05. The Morgan fingerprint density at radius 1 is 1.28 bits per heavy atom. The third-order valence-corrected chi connectivity index (χ3v) is 5.74. The monoisotopic (exact) mass is 389 g/mol. The van der Waals surface area contributed by atoms with Gasteiger partial charge in [0, 0.05) is 20.2 Å². The molecule has 1 N–H and O–H groups in total. The molecule has 1 aromatic carbocycles. The lowest BCUT2D eigenvalue weighted by Crippen LogP contribution is -2.01. The Hall–Kier alpha value is -0.230. The number of hydrogen-bond acceptors (Lipinski definition) is 3. The predicted molar refractivity (Wildman–Crippen MR) is 82.1 cm³/mol. The van der Waals surface area contributed by atoms with Crippen molar-refractivity contribution in [3.8, 4) is 0 Å². The first kappa shape index (κ1) is 14.2. The van der Waals surface area contributed by atoms with Gasteiger partial charge in [-0.1, -0.05) is 6.07 Å². The summed E-state index contributed by atoms with van der Waals surface area (Å²) in [4.78, 5) is 5.67. The van der Waals surface area contributed by atoms with Gasteiger partial charge in [0.1, 0.15) is 0 Å². The van der Waals surface area contributed by atoms with Crippen LogP contribution in [-0.2, 0) is 6.42 Å². The first-order valence-corrected chi connectivity index (χ1v) is 7.93. The van der Waals surface area contributed by atoms with Crippen LogP contribution < -0.4 is 0 Å². The summed E-state index contributed by atoms with van der Waals surface area (Å²) >= 11 is 8.52. The van der Waals surface area contributed by atoms with Gasteiger partial charge in [-0.15, -0.1) is 11.3 Å². The van der Waals surface area contributed by atoms with E-state index in [4.69, 9.17) is 0 Å². The van der Waals surface area contributed by atoms with Crippen molar-refractivity contribution < 1.29 is 5.11 Å². The number of aryl methyl sites for hydroxylation is 2. The largest absolute Gasteiger partial charge is 0.388 e. The van der Waals surface area contributed by atoms with Crippen LogP contribution >= 0.6 is 43.2 Å². The Kier molecular flexibility index (Phi) is 4.59. The molecule has 0 saturated carbocycles. The van der Waals surface area contributed by atoms with E-state index in [0.29, 0.717) is 6.42 Å². The zero-order chi connectivity index (χ0) is 13.3. The Morgan fingerprint density at radius 3 is 2.56 bits per heavy atom.